The number of ether oxygens (including phenoxy) is 4. The Morgan fingerprint density at radius 3 is 2.41 bits per heavy atom. The number of hydrogen-bond acceptors (Lipinski definition) is 8. The van der Waals surface area contributed by atoms with Gasteiger partial charge in [0.25, 0.3) is 0 Å². The molecule has 0 aromatic carbocycles. The van der Waals surface area contributed by atoms with Crippen LogP contribution in [0.4, 0.5) is 0 Å². The number of hydrogen-bond donors (Lipinski definition) is 0. The third-order valence-corrected chi connectivity index (χ3v) is 9.43. The lowest BCUT2D eigenvalue weighted by atomic mass is 9.43. The average Bonchev–Trinajstić information content (AvgIpc) is 3.16. The van der Waals surface area contributed by atoms with Gasteiger partial charge in [-0.15, -0.1) is 0 Å². The highest BCUT2D eigenvalue weighted by Gasteiger charge is 2.79. The van der Waals surface area contributed by atoms with E-state index < -0.39 is 58.6 Å². The van der Waals surface area contributed by atoms with Gasteiger partial charge in [0.2, 0.25) is 6.29 Å². The van der Waals surface area contributed by atoms with E-state index in [4.69, 9.17) is 18.9 Å². The van der Waals surface area contributed by atoms with Gasteiger partial charge in [-0.1, -0.05) is 20.8 Å². The van der Waals surface area contributed by atoms with Gasteiger partial charge in [0, 0.05) is 42.9 Å². The molecule has 2 aliphatic heterocycles. The van der Waals surface area contributed by atoms with Crippen LogP contribution in [0.2, 0.25) is 0 Å². The second-order valence-electron chi connectivity index (χ2n) is 11.1. The molecule has 5 fully saturated rings. The lowest BCUT2D eigenvalue weighted by Gasteiger charge is -2.63. The zero-order valence-electron chi connectivity index (χ0n) is 19.3. The standard InChI is InChI=1S/C24H32O8/c1-11-14-6-7-15-23(9-14,19(11)27)21(28)32-17-8-16(30-12(2)25)22(4,5)18-20(31-13(3)26)29-10-24(15,17)18/h11,14-18,20H,6-10H2,1-5H3/t11-,14?,15-,16-,17+,18-,20+,23?,24?/m1/s1. The van der Waals surface area contributed by atoms with Crippen LogP contribution in [0.1, 0.15) is 60.3 Å². The van der Waals surface area contributed by atoms with Gasteiger partial charge in [0.1, 0.15) is 17.6 Å². The van der Waals surface area contributed by atoms with Gasteiger partial charge in [-0.3, -0.25) is 19.2 Å². The molecule has 0 amide bonds. The molecule has 3 aliphatic carbocycles. The number of esters is 3. The van der Waals surface area contributed by atoms with Crippen LogP contribution in [0.3, 0.4) is 0 Å². The maximum Gasteiger partial charge on any atom is 0.320 e. The fourth-order valence-corrected chi connectivity index (χ4v) is 8.18. The third-order valence-electron chi connectivity index (χ3n) is 9.43. The molecule has 5 aliphatic rings. The molecule has 2 heterocycles. The first-order chi connectivity index (χ1) is 15.0. The van der Waals surface area contributed by atoms with Crippen LogP contribution in [-0.2, 0) is 38.1 Å². The zero-order chi connectivity index (χ0) is 23.2. The minimum Gasteiger partial charge on any atom is -0.462 e. The van der Waals surface area contributed by atoms with Gasteiger partial charge in [0.15, 0.2) is 5.78 Å². The summed E-state index contributed by atoms with van der Waals surface area (Å²) in [6.07, 6.45) is 0.485. The molecule has 0 radical (unpaired) electrons. The largest absolute Gasteiger partial charge is 0.462 e. The molecule has 9 atom stereocenters. The van der Waals surface area contributed by atoms with Gasteiger partial charge < -0.3 is 18.9 Å². The summed E-state index contributed by atoms with van der Waals surface area (Å²) in [6.45, 7) is 8.83. The van der Waals surface area contributed by atoms with E-state index in [1.807, 2.05) is 20.8 Å². The Labute approximate surface area is 187 Å². The number of rotatable bonds is 2. The number of ketones is 1. The summed E-state index contributed by atoms with van der Waals surface area (Å²) in [6, 6.07) is 0. The first-order valence-corrected chi connectivity index (χ1v) is 11.7. The smallest absolute Gasteiger partial charge is 0.320 e. The van der Waals surface area contributed by atoms with Crippen molar-refractivity contribution in [2.45, 2.75) is 78.8 Å². The maximum absolute atomic E-state index is 13.5. The lowest BCUT2D eigenvalue weighted by Crippen LogP contribution is -2.70. The molecular formula is C24H32O8. The molecule has 2 bridgehead atoms. The molecule has 3 unspecified atom stereocenters. The predicted octanol–water partition coefficient (Wildman–Crippen LogP) is 2.42. The number of Topliss-reactive ketones (excluding diaryl/α,β-unsaturated/α-hetero) is 1. The summed E-state index contributed by atoms with van der Waals surface area (Å²) >= 11 is 0. The fourth-order valence-electron chi connectivity index (χ4n) is 8.18. The molecule has 176 valence electrons. The summed E-state index contributed by atoms with van der Waals surface area (Å²) in [7, 11) is 0. The Hall–Kier alpha value is -1.96. The molecule has 0 aromatic rings. The van der Waals surface area contributed by atoms with Crippen molar-refractivity contribution in [2.75, 3.05) is 6.61 Å². The lowest BCUT2D eigenvalue weighted by molar-refractivity contribution is -0.258. The molecule has 2 spiro atoms. The summed E-state index contributed by atoms with van der Waals surface area (Å²) < 4.78 is 23.5. The molecule has 8 nitrogen and oxygen atoms in total. The van der Waals surface area contributed by atoms with E-state index in [0.717, 1.165) is 12.8 Å². The summed E-state index contributed by atoms with van der Waals surface area (Å²) in [4.78, 5) is 50.8. The van der Waals surface area contributed by atoms with Crippen molar-refractivity contribution in [1.29, 1.82) is 0 Å². The second kappa shape index (κ2) is 6.78. The van der Waals surface area contributed by atoms with Crippen molar-refractivity contribution >= 4 is 23.7 Å². The molecule has 0 N–H and O–H groups in total. The quantitative estimate of drug-likeness (QED) is 0.360. The van der Waals surface area contributed by atoms with Gasteiger partial charge in [0.05, 0.1) is 6.61 Å². The fraction of sp³-hybridized carbons (Fsp3) is 0.833. The molecule has 0 aromatic heterocycles. The van der Waals surface area contributed by atoms with Crippen molar-refractivity contribution < 1.29 is 38.1 Å². The van der Waals surface area contributed by atoms with Crippen molar-refractivity contribution in [2.24, 2.45) is 39.9 Å². The van der Waals surface area contributed by atoms with Gasteiger partial charge in [-0.2, -0.15) is 0 Å². The van der Waals surface area contributed by atoms with Crippen LogP contribution >= 0.6 is 0 Å². The van der Waals surface area contributed by atoms with E-state index in [1.165, 1.54) is 13.8 Å². The van der Waals surface area contributed by atoms with Crippen LogP contribution in [0, 0.1) is 39.9 Å². The van der Waals surface area contributed by atoms with Crippen molar-refractivity contribution in [3.8, 4) is 0 Å². The SMILES string of the molecule is CC(=O)O[C@@H]1OCC23[C@H](C[C@@H](OC(C)=O)C(C)(C)[C@@H]12)OC(=O)C12CC(CC[C@H]13)[C@@H](C)C2=O. The van der Waals surface area contributed by atoms with Crippen LogP contribution in [0.5, 0.6) is 0 Å². The number of carbonyl (C=O) groups excluding carboxylic acids is 4. The zero-order valence-corrected chi connectivity index (χ0v) is 19.3. The van der Waals surface area contributed by atoms with Gasteiger partial charge in [-0.25, -0.2) is 0 Å². The normalized spacial score (nSPS) is 48.2. The van der Waals surface area contributed by atoms with E-state index in [2.05, 4.69) is 0 Å². The maximum atomic E-state index is 13.5. The van der Waals surface area contributed by atoms with Gasteiger partial charge >= 0.3 is 17.9 Å². The molecule has 3 saturated carbocycles. The van der Waals surface area contributed by atoms with Crippen LogP contribution < -0.4 is 0 Å². The van der Waals surface area contributed by atoms with E-state index in [0.29, 0.717) is 12.8 Å². The van der Waals surface area contributed by atoms with E-state index >= 15 is 0 Å². The molecule has 8 heteroatoms. The Bertz CT molecular complexity index is 894. The van der Waals surface area contributed by atoms with E-state index in [-0.39, 0.29) is 30.1 Å². The minimum absolute atomic E-state index is 0.0163. The Morgan fingerprint density at radius 1 is 1.06 bits per heavy atom. The summed E-state index contributed by atoms with van der Waals surface area (Å²) in [5, 5.41) is 0. The van der Waals surface area contributed by atoms with Crippen LogP contribution in [-0.4, -0.2) is 48.8 Å². The Morgan fingerprint density at radius 2 is 1.75 bits per heavy atom. The monoisotopic (exact) mass is 448 g/mol. The highest BCUT2D eigenvalue weighted by Crippen LogP contribution is 2.71. The minimum atomic E-state index is -1.16. The summed E-state index contributed by atoms with van der Waals surface area (Å²) in [5.41, 5.74) is -2.47. The Balaban J connectivity index is 1.66. The molecule has 5 rings (SSSR count). The van der Waals surface area contributed by atoms with Crippen molar-refractivity contribution in [3.05, 3.63) is 0 Å². The average molecular weight is 449 g/mol. The summed E-state index contributed by atoms with van der Waals surface area (Å²) in [5.74, 6) is -1.96. The third kappa shape index (κ3) is 2.53. The molecule has 32 heavy (non-hydrogen) atoms. The second-order valence-corrected chi connectivity index (χ2v) is 11.1. The number of fused-ring (bicyclic) bond motifs is 1. The highest BCUT2D eigenvalue weighted by molar-refractivity contribution is 6.07. The molecule has 2 saturated heterocycles. The van der Waals surface area contributed by atoms with Gasteiger partial charge in [-0.05, 0) is 31.1 Å². The van der Waals surface area contributed by atoms with E-state index in [1.54, 1.807) is 0 Å². The van der Waals surface area contributed by atoms with Crippen LogP contribution in [0.25, 0.3) is 0 Å². The Kier molecular flexibility index (Phi) is 4.63. The predicted molar refractivity (Wildman–Crippen MR) is 109 cm³/mol. The number of carbonyl (C=O) groups is 4. The first kappa shape index (κ1) is 21.9. The van der Waals surface area contributed by atoms with Crippen molar-refractivity contribution in [3.63, 3.8) is 0 Å². The first-order valence-electron chi connectivity index (χ1n) is 11.7. The van der Waals surface area contributed by atoms with E-state index in [9.17, 15) is 19.2 Å². The van der Waals surface area contributed by atoms with Crippen molar-refractivity contribution in [1.82, 2.24) is 0 Å². The topological polar surface area (TPSA) is 105 Å². The highest BCUT2D eigenvalue weighted by atomic mass is 16.7. The molecular weight excluding hydrogens is 416 g/mol. The van der Waals surface area contributed by atoms with Crippen LogP contribution in [0.15, 0.2) is 0 Å².